The largest absolute Gasteiger partial charge is 0.317 e. The third-order valence-corrected chi connectivity index (χ3v) is 8.60. The number of hydrogen-bond acceptors (Lipinski definition) is 5. The van der Waals surface area contributed by atoms with Gasteiger partial charge < -0.3 is 10.5 Å². The molecule has 1 heterocycles. The van der Waals surface area contributed by atoms with Gasteiger partial charge in [0.15, 0.2) is 5.82 Å². The van der Waals surface area contributed by atoms with Crippen molar-refractivity contribution in [1.82, 2.24) is 15.7 Å². The fourth-order valence-corrected chi connectivity index (χ4v) is 7.25. The van der Waals surface area contributed by atoms with Crippen molar-refractivity contribution in [3.8, 4) is 0 Å². The van der Waals surface area contributed by atoms with E-state index in [9.17, 15) is 14.4 Å². The number of benzene rings is 1. The molecule has 4 unspecified atom stereocenters. The summed E-state index contributed by atoms with van der Waals surface area (Å²) in [5, 5.41) is 20.5. The molecule has 0 spiro atoms. The molecule has 1 aromatic heterocycles. The van der Waals surface area contributed by atoms with Crippen molar-refractivity contribution in [3.05, 3.63) is 53.5 Å². The molecule has 6 nitrogen and oxygen atoms in total. The van der Waals surface area contributed by atoms with Gasteiger partial charge in [-0.25, -0.2) is 9.87 Å². The van der Waals surface area contributed by atoms with Gasteiger partial charge in [-0.3, -0.25) is 4.79 Å². The van der Waals surface area contributed by atoms with Crippen molar-refractivity contribution < 1.29 is 14.4 Å². The van der Waals surface area contributed by atoms with Gasteiger partial charge in [-0.2, -0.15) is 5.10 Å². The van der Waals surface area contributed by atoms with Gasteiger partial charge in [0.25, 0.3) is 0 Å². The van der Waals surface area contributed by atoms with E-state index < -0.39 is 0 Å². The van der Waals surface area contributed by atoms with Gasteiger partial charge in [-0.15, -0.1) is 5.10 Å². The number of carbonyl (C=O) groups is 1. The van der Waals surface area contributed by atoms with Crippen molar-refractivity contribution >= 4 is 11.7 Å². The van der Waals surface area contributed by atoms with Crippen molar-refractivity contribution in [2.45, 2.75) is 63.8 Å². The number of amides is 1. The van der Waals surface area contributed by atoms with Crippen LogP contribution in [0.2, 0.25) is 0 Å². The van der Waals surface area contributed by atoms with Crippen molar-refractivity contribution in [2.24, 2.45) is 23.2 Å². The molecule has 2 aromatic rings. The van der Waals surface area contributed by atoms with Crippen LogP contribution in [0.3, 0.4) is 0 Å². The maximum Gasteiger partial charge on any atom is 0.225 e. The molecule has 1 amide bonds. The number of fused-ring (bicyclic) bond motifs is 5. The monoisotopic (exact) mass is 438 g/mol. The third-order valence-electron chi connectivity index (χ3n) is 8.60. The topological polar surface area (TPSA) is 87.1 Å². The minimum atomic E-state index is -0.0761. The number of halogens is 1. The molecule has 2 saturated carbocycles. The van der Waals surface area contributed by atoms with Crippen LogP contribution in [0.1, 0.15) is 62.5 Å². The fourth-order valence-electron chi connectivity index (χ4n) is 7.25. The second-order valence-corrected chi connectivity index (χ2v) is 10.1. The van der Waals surface area contributed by atoms with E-state index in [0.29, 0.717) is 35.9 Å². The van der Waals surface area contributed by atoms with Crippen LogP contribution >= 0.6 is 0 Å². The summed E-state index contributed by atoms with van der Waals surface area (Å²) in [6, 6.07) is 9.02. The molecule has 3 N–H and O–H groups in total. The Balaban J connectivity index is 1.35. The van der Waals surface area contributed by atoms with Gasteiger partial charge in [0.05, 0.1) is 0 Å². The Morgan fingerprint density at radius 2 is 2.16 bits per heavy atom. The highest BCUT2D eigenvalue weighted by Gasteiger charge is 2.58. The number of nitrogens with one attached hydrogen (secondary N) is 2. The lowest BCUT2D eigenvalue weighted by Gasteiger charge is -2.52. The molecule has 3 aliphatic rings. The Bertz CT molecular complexity index is 987. The Morgan fingerprint density at radius 1 is 1.28 bits per heavy atom. The van der Waals surface area contributed by atoms with E-state index in [-0.39, 0.29) is 23.2 Å². The number of anilines is 1. The molecule has 2 fully saturated rings. The number of hydrogen-bond donors (Lipinski definition) is 3. The summed E-state index contributed by atoms with van der Waals surface area (Å²) in [7, 11) is 0. The molecule has 3 aliphatic carbocycles. The molecule has 7 heteroatoms. The van der Waals surface area contributed by atoms with Crippen LogP contribution in [0.15, 0.2) is 36.5 Å². The Labute approximate surface area is 188 Å². The lowest BCUT2D eigenvalue weighted by Crippen LogP contribution is -2.48. The first-order chi connectivity index (χ1) is 15.5. The first kappa shape index (κ1) is 21.5. The molecular formula is C25H31FN4O2. The van der Waals surface area contributed by atoms with Crippen molar-refractivity contribution in [2.75, 3.05) is 5.32 Å². The minimum absolute atomic E-state index is 0.0210. The second kappa shape index (κ2) is 8.52. The zero-order chi connectivity index (χ0) is 22.3. The third kappa shape index (κ3) is 3.61. The maximum atomic E-state index is 14.5. The predicted molar refractivity (Wildman–Crippen MR) is 118 cm³/mol. The molecule has 5 rings (SSSR count). The van der Waals surface area contributed by atoms with Gasteiger partial charge in [0.1, 0.15) is 5.82 Å². The second-order valence-electron chi connectivity index (χ2n) is 10.1. The van der Waals surface area contributed by atoms with E-state index >= 15 is 0 Å². The SMILES string of the molecule is C[C@]12CCC3c4cccc(F)c4CCC3C1[C@H](CCC(=O)Nc1cccnn1)CC2NO. The van der Waals surface area contributed by atoms with Crippen molar-refractivity contribution in [3.63, 3.8) is 0 Å². The molecule has 32 heavy (non-hydrogen) atoms. The van der Waals surface area contributed by atoms with E-state index in [1.807, 2.05) is 6.07 Å². The quantitative estimate of drug-likeness (QED) is 0.600. The number of nitrogens with zero attached hydrogens (tertiary/aromatic N) is 2. The summed E-state index contributed by atoms with van der Waals surface area (Å²) in [6.45, 7) is 2.29. The number of hydroxylamine groups is 1. The molecular weight excluding hydrogens is 407 g/mol. The maximum absolute atomic E-state index is 14.5. The zero-order valence-corrected chi connectivity index (χ0v) is 18.4. The van der Waals surface area contributed by atoms with Crippen LogP contribution < -0.4 is 10.8 Å². The predicted octanol–water partition coefficient (Wildman–Crippen LogP) is 4.46. The van der Waals surface area contributed by atoms with Gasteiger partial charge in [0.2, 0.25) is 5.91 Å². The van der Waals surface area contributed by atoms with Crippen molar-refractivity contribution in [1.29, 1.82) is 0 Å². The summed E-state index contributed by atoms with van der Waals surface area (Å²) in [4.78, 5) is 12.6. The lowest BCUT2D eigenvalue weighted by atomic mass is 9.53. The normalized spacial score (nSPS) is 33.2. The van der Waals surface area contributed by atoms with E-state index in [1.165, 1.54) is 5.56 Å². The van der Waals surface area contributed by atoms with Crippen LogP contribution in [0.25, 0.3) is 0 Å². The van der Waals surface area contributed by atoms with Crippen LogP contribution in [0, 0.1) is 29.0 Å². The molecule has 0 saturated heterocycles. The van der Waals surface area contributed by atoms with E-state index in [4.69, 9.17) is 0 Å². The smallest absolute Gasteiger partial charge is 0.225 e. The molecule has 6 atom stereocenters. The summed E-state index contributed by atoms with van der Waals surface area (Å²) < 4.78 is 14.5. The van der Waals surface area contributed by atoms with E-state index in [1.54, 1.807) is 24.4 Å². The minimum Gasteiger partial charge on any atom is -0.317 e. The Hall–Kier alpha value is -2.38. The van der Waals surface area contributed by atoms with Crippen LogP contribution in [0.5, 0.6) is 0 Å². The molecule has 1 aromatic carbocycles. The Kier molecular flexibility index (Phi) is 5.72. The Morgan fingerprint density at radius 3 is 2.94 bits per heavy atom. The standard InChI is InChI=1S/C25H31FN4O2/c1-25-12-11-17-16-4-2-5-20(26)18(16)8-9-19(17)24(25)15(14-21(25)30-32)7-10-23(31)28-22-6-3-13-27-29-22/h2-6,13,15,17,19,21,24,30,32H,7-12,14H2,1H3,(H,28,29,31)/t15-,17?,19?,21?,24?,25-/m1/s1. The van der Waals surface area contributed by atoms with Gasteiger partial charge in [0, 0.05) is 18.7 Å². The van der Waals surface area contributed by atoms with E-state index in [2.05, 4.69) is 34.0 Å². The summed E-state index contributed by atoms with van der Waals surface area (Å²) >= 11 is 0. The highest BCUT2D eigenvalue weighted by atomic mass is 19.1. The molecule has 170 valence electrons. The van der Waals surface area contributed by atoms with Gasteiger partial charge in [-0.1, -0.05) is 19.1 Å². The van der Waals surface area contributed by atoms with E-state index in [0.717, 1.165) is 44.1 Å². The number of rotatable bonds is 5. The van der Waals surface area contributed by atoms with Crippen LogP contribution in [-0.4, -0.2) is 27.4 Å². The summed E-state index contributed by atoms with van der Waals surface area (Å²) in [6.07, 6.45) is 7.37. The zero-order valence-electron chi connectivity index (χ0n) is 18.4. The van der Waals surface area contributed by atoms with Crippen LogP contribution in [0.4, 0.5) is 10.2 Å². The summed E-state index contributed by atoms with van der Waals surface area (Å²) in [5.74, 6) is 1.87. The lowest BCUT2D eigenvalue weighted by molar-refractivity contribution is -0.116. The molecule has 0 aliphatic heterocycles. The first-order valence-electron chi connectivity index (χ1n) is 11.8. The van der Waals surface area contributed by atoms with Gasteiger partial charge in [-0.05, 0) is 96.9 Å². The average molecular weight is 439 g/mol. The number of aromatic nitrogens is 2. The molecule has 0 radical (unpaired) electrons. The van der Waals surface area contributed by atoms with Gasteiger partial charge >= 0.3 is 0 Å². The average Bonchev–Trinajstić information content (AvgIpc) is 3.10. The first-order valence-corrected chi connectivity index (χ1v) is 11.8. The summed E-state index contributed by atoms with van der Waals surface area (Å²) in [5.41, 5.74) is 4.66. The highest BCUT2D eigenvalue weighted by Crippen LogP contribution is 2.63. The molecule has 0 bridgehead atoms. The highest BCUT2D eigenvalue weighted by molar-refractivity contribution is 5.89. The number of carbonyl (C=O) groups excluding carboxylic acids is 1. The fraction of sp³-hybridized carbons (Fsp3) is 0.560. The van der Waals surface area contributed by atoms with Crippen LogP contribution in [-0.2, 0) is 11.2 Å².